The number of nitrogens with one attached hydrogen (secondary N) is 1. The van der Waals surface area contributed by atoms with Crippen LogP contribution in [0, 0.1) is 0 Å². The summed E-state index contributed by atoms with van der Waals surface area (Å²) in [4.78, 5) is 8.85. The molecule has 0 aromatic carbocycles. The van der Waals surface area contributed by atoms with Crippen molar-refractivity contribution in [2.75, 3.05) is 12.0 Å². The van der Waals surface area contributed by atoms with Crippen molar-refractivity contribution in [3.63, 3.8) is 0 Å². The summed E-state index contributed by atoms with van der Waals surface area (Å²) in [6.07, 6.45) is 5.37. The number of aromatic nitrogens is 5. The van der Waals surface area contributed by atoms with Crippen molar-refractivity contribution in [1.29, 1.82) is 0 Å². The van der Waals surface area contributed by atoms with Gasteiger partial charge in [0.15, 0.2) is 5.82 Å². The third-order valence-corrected chi connectivity index (χ3v) is 3.85. The number of aryl methyl sites for hydroxylation is 2. The minimum absolute atomic E-state index is 0.254. The zero-order valence-electron chi connectivity index (χ0n) is 12.6. The van der Waals surface area contributed by atoms with E-state index >= 15 is 0 Å². The first kappa shape index (κ1) is 13.7. The molecule has 0 atom stereocenters. The molecule has 23 heavy (non-hydrogen) atoms. The van der Waals surface area contributed by atoms with Crippen molar-refractivity contribution in [1.82, 2.24) is 24.3 Å². The van der Waals surface area contributed by atoms with Gasteiger partial charge in [-0.05, 0) is 18.2 Å². The highest BCUT2D eigenvalue weighted by molar-refractivity contribution is 6.06. The van der Waals surface area contributed by atoms with Crippen molar-refractivity contribution >= 4 is 33.6 Å². The van der Waals surface area contributed by atoms with Crippen LogP contribution in [0.25, 0.3) is 21.9 Å². The molecule has 6 nitrogen and oxygen atoms in total. The number of nitrogens with zero attached hydrogens (tertiary/aromatic N) is 5. The van der Waals surface area contributed by atoms with Gasteiger partial charge in [0.1, 0.15) is 18.1 Å². The van der Waals surface area contributed by atoms with E-state index in [1.54, 1.807) is 23.1 Å². The van der Waals surface area contributed by atoms with Crippen molar-refractivity contribution in [3.8, 4) is 0 Å². The Morgan fingerprint density at radius 2 is 2.04 bits per heavy atom. The highest BCUT2D eigenvalue weighted by atomic mass is 19.1. The monoisotopic (exact) mass is 310 g/mol. The van der Waals surface area contributed by atoms with Gasteiger partial charge in [-0.3, -0.25) is 9.67 Å². The van der Waals surface area contributed by atoms with Gasteiger partial charge in [0, 0.05) is 42.5 Å². The average molecular weight is 310 g/mol. The van der Waals surface area contributed by atoms with Crippen molar-refractivity contribution in [3.05, 3.63) is 42.9 Å². The fourth-order valence-corrected chi connectivity index (χ4v) is 2.76. The molecule has 0 aliphatic heterocycles. The Bertz CT molecular complexity index is 987. The molecule has 7 heteroatoms. The number of hydrogen-bond donors (Lipinski definition) is 1. The Hall–Kier alpha value is -2.96. The van der Waals surface area contributed by atoms with Gasteiger partial charge in [0.2, 0.25) is 0 Å². The second kappa shape index (κ2) is 5.35. The minimum atomic E-state index is -0.435. The zero-order chi connectivity index (χ0) is 15.8. The van der Waals surface area contributed by atoms with Crippen LogP contribution in [0.5, 0.6) is 0 Å². The lowest BCUT2D eigenvalue weighted by Gasteiger charge is -2.03. The fourth-order valence-electron chi connectivity index (χ4n) is 2.76. The summed E-state index contributed by atoms with van der Waals surface area (Å²) in [5, 5.41) is 9.54. The first-order chi connectivity index (χ1) is 11.3. The van der Waals surface area contributed by atoms with E-state index in [2.05, 4.69) is 20.4 Å². The van der Waals surface area contributed by atoms with Crippen molar-refractivity contribution in [2.24, 2.45) is 7.05 Å². The summed E-state index contributed by atoms with van der Waals surface area (Å²) < 4.78 is 15.9. The zero-order valence-corrected chi connectivity index (χ0v) is 12.6. The number of halogens is 1. The number of alkyl halides is 1. The maximum Gasteiger partial charge on any atom is 0.153 e. The summed E-state index contributed by atoms with van der Waals surface area (Å²) in [5.41, 5.74) is 1.97. The van der Waals surface area contributed by atoms with Crippen LogP contribution in [0.4, 0.5) is 16.0 Å². The number of hydrogen-bond acceptors (Lipinski definition) is 4. The fraction of sp³-hybridized carbons (Fsp3) is 0.188. The second-order valence-corrected chi connectivity index (χ2v) is 5.30. The molecule has 4 aromatic rings. The molecular weight excluding hydrogens is 295 g/mol. The van der Waals surface area contributed by atoms with E-state index in [4.69, 9.17) is 0 Å². The molecule has 1 N–H and O–H groups in total. The Morgan fingerprint density at radius 3 is 2.91 bits per heavy atom. The molecule has 4 heterocycles. The molecule has 0 saturated heterocycles. The molecule has 0 fully saturated rings. The predicted octanol–water partition coefficient (Wildman–Crippen LogP) is 3.03. The summed E-state index contributed by atoms with van der Waals surface area (Å²) in [6.45, 7) is -0.181. The Kier molecular flexibility index (Phi) is 3.18. The summed E-state index contributed by atoms with van der Waals surface area (Å²) in [7, 11) is 1.98. The van der Waals surface area contributed by atoms with Crippen LogP contribution >= 0.6 is 0 Å². The smallest absolute Gasteiger partial charge is 0.153 e. The lowest BCUT2D eigenvalue weighted by Crippen LogP contribution is -2.01. The molecular formula is C16H15FN6. The SMILES string of the molecule is Cn1c2ccncc2c2ccc(Nc3ccn(CCF)n3)nc21. The van der Waals surface area contributed by atoms with Crippen LogP contribution in [-0.2, 0) is 13.6 Å². The van der Waals surface area contributed by atoms with Gasteiger partial charge in [0.05, 0.1) is 12.1 Å². The quantitative estimate of drug-likeness (QED) is 0.629. The van der Waals surface area contributed by atoms with E-state index in [0.29, 0.717) is 11.6 Å². The van der Waals surface area contributed by atoms with Crippen LogP contribution in [0.15, 0.2) is 42.9 Å². The third-order valence-electron chi connectivity index (χ3n) is 3.85. The van der Waals surface area contributed by atoms with Crippen molar-refractivity contribution in [2.45, 2.75) is 6.54 Å². The Balaban J connectivity index is 1.73. The van der Waals surface area contributed by atoms with Gasteiger partial charge >= 0.3 is 0 Å². The molecule has 4 aromatic heterocycles. The standard InChI is InChI=1S/C16H15FN6/c1-22-13-4-7-18-10-12(13)11-2-3-14(20-16(11)22)19-15-5-8-23(21-15)9-6-17/h2-5,7-8,10H,6,9H2,1H3,(H,19,20,21). The van der Waals surface area contributed by atoms with Crippen LogP contribution in [-0.4, -0.2) is 31.0 Å². The van der Waals surface area contributed by atoms with Gasteiger partial charge in [-0.2, -0.15) is 5.10 Å². The molecule has 0 aliphatic carbocycles. The lowest BCUT2D eigenvalue weighted by molar-refractivity contribution is 0.427. The van der Waals surface area contributed by atoms with Crippen LogP contribution < -0.4 is 5.32 Å². The van der Waals surface area contributed by atoms with Crippen LogP contribution in [0.3, 0.4) is 0 Å². The highest BCUT2D eigenvalue weighted by Gasteiger charge is 2.10. The van der Waals surface area contributed by atoms with Gasteiger partial charge < -0.3 is 9.88 Å². The lowest BCUT2D eigenvalue weighted by atomic mass is 10.2. The number of anilines is 2. The normalized spacial score (nSPS) is 11.4. The molecule has 0 aliphatic rings. The third kappa shape index (κ3) is 2.30. The van der Waals surface area contributed by atoms with E-state index in [9.17, 15) is 4.39 Å². The number of pyridine rings is 2. The van der Waals surface area contributed by atoms with E-state index in [1.165, 1.54) is 0 Å². The predicted molar refractivity (Wildman–Crippen MR) is 87.5 cm³/mol. The van der Waals surface area contributed by atoms with Gasteiger partial charge in [-0.25, -0.2) is 9.37 Å². The molecule has 116 valence electrons. The topological polar surface area (TPSA) is 60.6 Å². The molecule has 0 spiro atoms. The number of rotatable bonds is 4. The Morgan fingerprint density at radius 1 is 1.13 bits per heavy atom. The summed E-state index contributed by atoms with van der Waals surface area (Å²) in [5.74, 6) is 1.34. The average Bonchev–Trinajstić information content (AvgIpc) is 3.12. The van der Waals surface area contributed by atoms with Crippen molar-refractivity contribution < 1.29 is 4.39 Å². The molecule has 0 amide bonds. The first-order valence-corrected chi connectivity index (χ1v) is 7.32. The first-order valence-electron chi connectivity index (χ1n) is 7.32. The molecule has 0 radical (unpaired) electrons. The summed E-state index contributed by atoms with van der Waals surface area (Å²) in [6, 6.07) is 7.70. The maximum absolute atomic E-state index is 12.3. The molecule has 4 rings (SSSR count). The minimum Gasteiger partial charge on any atom is -0.328 e. The summed E-state index contributed by atoms with van der Waals surface area (Å²) >= 11 is 0. The van der Waals surface area contributed by atoms with E-state index in [0.717, 1.165) is 21.9 Å². The van der Waals surface area contributed by atoms with Crippen LogP contribution in [0.1, 0.15) is 0 Å². The van der Waals surface area contributed by atoms with E-state index in [-0.39, 0.29) is 6.54 Å². The van der Waals surface area contributed by atoms with Gasteiger partial charge in [-0.1, -0.05) is 0 Å². The molecule has 0 saturated carbocycles. The van der Waals surface area contributed by atoms with E-state index < -0.39 is 6.67 Å². The Labute approximate surface area is 131 Å². The molecule has 0 bridgehead atoms. The maximum atomic E-state index is 12.3. The van der Waals surface area contributed by atoms with Crippen LogP contribution in [0.2, 0.25) is 0 Å². The molecule has 0 unspecified atom stereocenters. The number of fused-ring (bicyclic) bond motifs is 3. The second-order valence-electron chi connectivity index (χ2n) is 5.30. The van der Waals surface area contributed by atoms with Gasteiger partial charge in [-0.15, -0.1) is 0 Å². The largest absolute Gasteiger partial charge is 0.328 e. The highest BCUT2D eigenvalue weighted by Crippen LogP contribution is 2.27. The van der Waals surface area contributed by atoms with Gasteiger partial charge in [0.25, 0.3) is 0 Å². The van der Waals surface area contributed by atoms with E-state index in [1.807, 2.05) is 36.0 Å².